The molecule has 0 aliphatic rings. The maximum absolute atomic E-state index is 12.6. The van der Waals surface area contributed by atoms with Crippen molar-refractivity contribution in [2.45, 2.75) is 20.0 Å². The fourth-order valence-corrected chi connectivity index (χ4v) is 2.64. The van der Waals surface area contributed by atoms with Crippen LogP contribution in [0.25, 0.3) is 0 Å². The second-order valence-electron chi connectivity index (χ2n) is 4.23. The topological polar surface area (TPSA) is 42.0 Å². The van der Waals surface area contributed by atoms with Crippen LogP contribution in [0, 0.1) is 6.92 Å². The summed E-state index contributed by atoms with van der Waals surface area (Å²) in [5.41, 5.74) is 0.503. The molecule has 0 unspecified atom stereocenters. The summed E-state index contributed by atoms with van der Waals surface area (Å²) in [6.07, 6.45) is -4.40. The van der Waals surface area contributed by atoms with Crippen LogP contribution in [-0.2, 0) is 6.18 Å². The fraction of sp³-hybridized carbons (Fsp3) is 0.231. The number of alkyl halides is 3. The van der Waals surface area contributed by atoms with E-state index in [0.717, 1.165) is 23.7 Å². The molecular weight excluding hydrogens is 289 g/mol. The Morgan fingerprint density at radius 2 is 2.05 bits per heavy atom. The van der Waals surface area contributed by atoms with Crippen molar-refractivity contribution in [1.82, 2.24) is 4.37 Å². The summed E-state index contributed by atoms with van der Waals surface area (Å²) in [6.45, 7) is 3.08. The van der Waals surface area contributed by atoms with Crippen LogP contribution in [0.15, 0.2) is 24.3 Å². The molecular formula is C13H11F3N2OS. The Hall–Kier alpha value is -1.89. The highest BCUT2D eigenvalue weighted by Gasteiger charge is 2.30. The Bertz CT molecular complexity index is 649. The lowest BCUT2D eigenvalue weighted by molar-refractivity contribution is -0.137. The number of Topliss-reactive ketones (excluding diaryl/α,β-unsaturated/α-hetero) is 1. The molecule has 0 saturated heterocycles. The van der Waals surface area contributed by atoms with Crippen LogP contribution in [-0.4, -0.2) is 10.2 Å². The normalized spacial score (nSPS) is 11.4. The van der Waals surface area contributed by atoms with Gasteiger partial charge in [-0.05, 0) is 43.6 Å². The van der Waals surface area contributed by atoms with Gasteiger partial charge in [-0.15, -0.1) is 0 Å². The van der Waals surface area contributed by atoms with E-state index in [1.165, 1.54) is 19.1 Å². The van der Waals surface area contributed by atoms with Gasteiger partial charge in [0.2, 0.25) is 0 Å². The number of halogens is 3. The third-order valence-electron chi connectivity index (χ3n) is 2.66. The molecule has 1 aromatic heterocycles. The largest absolute Gasteiger partial charge is 0.416 e. The fourth-order valence-electron chi connectivity index (χ4n) is 1.77. The van der Waals surface area contributed by atoms with Gasteiger partial charge in [0, 0.05) is 5.69 Å². The molecule has 0 spiro atoms. The number of aromatic nitrogens is 1. The van der Waals surface area contributed by atoms with Crippen molar-refractivity contribution in [3.05, 3.63) is 41.1 Å². The van der Waals surface area contributed by atoms with Crippen molar-refractivity contribution < 1.29 is 18.0 Å². The zero-order valence-corrected chi connectivity index (χ0v) is 11.5. The molecule has 0 amide bonds. The molecule has 2 rings (SSSR count). The second-order valence-corrected chi connectivity index (χ2v) is 5.01. The first-order valence-electron chi connectivity index (χ1n) is 5.70. The quantitative estimate of drug-likeness (QED) is 0.853. The maximum atomic E-state index is 12.6. The van der Waals surface area contributed by atoms with Crippen LogP contribution < -0.4 is 5.32 Å². The minimum atomic E-state index is -4.40. The maximum Gasteiger partial charge on any atom is 0.416 e. The number of aryl methyl sites for hydroxylation is 1. The summed E-state index contributed by atoms with van der Waals surface area (Å²) in [7, 11) is 0. The number of nitrogens with zero attached hydrogens (tertiary/aromatic N) is 1. The number of carbonyl (C=O) groups is 1. The van der Waals surface area contributed by atoms with Crippen LogP contribution in [0.4, 0.5) is 23.9 Å². The average Bonchev–Trinajstić information content (AvgIpc) is 2.69. The molecule has 0 saturated carbocycles. The van der Waals surface area contributed by atoms with E-state index in [-0.39, 0.29) is 11.5 Å². The molecule has 106 valence electrons. The number of benzene rings is 1. The number of carbonyl (C=O) groups excluding carboxylic acids is 1. The lowest BCUT2D eigenvalue weighted by atomic mass is 10.1. The Kier molecular flexibility index (Phi) is 3.80. The third-order valence-corrected chi connectivity index (χ3v) is 3.52. The van der Waals surface area contributed by atoms with Crippen molar-refractivity contribution in [2.75, 3.05) is 5.32 Å². The summed E-state index contributed by atoms with van der Waals surface area (Å²) in [4.78, 5) is 11.5. The summed E-state index contributed by atoms with van der Waals surface area (Å²) in [5.74, 6) is -0.175. The molecule has 3 nitrogen and oxygen atoms in total. The number of hydrogen-bond donors (Lipinski definition) is 1. The number of hydrogen-bond acceptors (Lipinski definition) is 4. The Morgan fingerprint density at radius 3 is 2.65 bits per heavy atom. The highest BCUT2D eigenvalue weighted by Crippen LogP contribution is 2.33. The first-order valence-corrected chi connectivity index (χ1v) is 6.48. The van der Waals surface area contributed by atoms with Gasteiger partial charge in [-0.2, -0.15) is 17.5 Å². The molecule has 0 fully saturated rings. The van der Waals surface area contributed by atoms with E-state index in [1.807, 2.05) is 0 Å². The van der Waals surface area contributed by atoms with Crippen molar-refractivity contribution in [3.63, 3.8) is 0 Å². The van der Waals surface area contributed by atoms with E-state index in [0.29, 0.717) is 16.3 Å². The van der Waals surface area contributed by atoms with Crippen LogP contribution in [0.5, 0.6) is 0 Å². The zero-order chi connectivity index (χ0) is 14.9. The molecule has 20 heavy (non-hydrogen) atoms. The Balaban J connectivity index is 2.34. The second kappa shape index (κ2) is 5.24. The Labute approximate surface area is 117 Å². The van der Waals surface area contributed by atoms with Crippen LogP contribution in [0.1, 0.15) is 28.5 Å². The zero-order valence-electron chi connectivity index (χ0n) is 10.7. The van der Waals surface area contributed by atoms with Crippen LogP contribution in [0.3, 0.4) is 0 Å². The summed E-state index contributed by atoms with van der Waals surface area (Å²) >= 11 is 1.05. The van der Waals surface area contributed by atoms with Crippen molar-refractivity contribution in [1.29, 1.82) is 0 Å². The van der Waals surface area contributed by atoms with Gasteiger partial charge in [-0.1, -0.05) is 6.07 Å². The van der Waals surface area contributed by atoms with Gasteiger partial charge in [0.25, 0.3) is 0 Å². The van der Waals surface area contributed by atoms with Crippen molar-refractivity contribution in [2.24, 2.45) is 0 Å². The van der Waals surface area contributed by atoms with Gasteiger partial charge in [-0.25, -0.2) is 0 Å². The smallest absolute Gasteiger partial charge is 0.345 e. The highest BCUT2D eigenvalue weighted by atomic mass is 32.1. The van der Waals surface area contributed by atoms with E-state index >= 15 is 0 Å². The van der Waals surface area contributed by atoms with E-state index in [4.69, 9.17) is 0 Å². The van der Waals surface area contributed by atoms with E-state index in [2.05, 4.69) is 9.69 Å². The first-order chi connectivity index (χ1) is 9.29. The molecule has 0 aliphatic heterocycles. The predicted molar refractivity (Wildman–Crippen MR) is 71.6 cm³/mol. The molecule has 7 heteroatoms. The van der Waals surface area contributed by atoms with E-state index < -0.39 is 11.7 Å². The Morgan fingerprint density at radius 1 is 1.35 bits per heavy atom. The molecule has 1 N–H and O–H groups in total. The van der Waals surface area contributed by atoms with Gasteiger partial charge in [0.05, 0.1) is 16.8 Å². The average molecular weight is 300 g/mol. The van der Waals surface area contributed by atoms with Gasteiger partial charge >= 0.3 is 6.18 Å². The molecule has 0 atom stereocenters. The summed E-state index contributed by atoms with van der Waals surface area (Å²) in [6, 6.07) is 4.81. The van der Waals surface area contributed by atoms with E-state index in [9.17, 15) is 18.0 Å². The molecule has 0 bridgehead atoms. The number of nitrogens with one attached hydrogen (secondary N) is 1. The predicted octanol–water partition coefficient (Wildman–Crippen LogP) is 4.42. The molecule has 1 aromatic carbocycles. The molecule has 2 aromatic rings. The van der Waals surface area contributed by atoms with Gasteiger partial charge in [0.15, 0.2) is 5.78 Å². The van der Waals surface area contributed by atoms with Crippen molar-refractivity contribution in [3.8, 4) is 0 Å². The minimum absolute atomic E-state index is 0.175. The van der Waals surface area contributed by atoms with Gasteiger partial charge in [0.1, 0.15) is 5.00 Å². The number of rotatable bonds is 3. The third kappa shape index (κ3) is 2.98. The lowest BCUT2D eigenvalue weighted by Crippen LogP contribution is -2.05. The number of anilines is 2. The summed E-state index contributed by atoms with van der Waals surface area (Å²) < 4.78 is 41.9. The van der Waals surface area contributed by atoms with Crippen LogP contribution in [0.2, 0.25) is 0 Å². The number of ketones is 1. The first kappa shape index (κ1) is 14.5. The van der Waals surface area contributed by atoms with Gasteiger partial charge in [-0.3, -0.25) is 4.79 Å². The minimum Gasteiger partial charge on any atom is -0.345 e. The van der Waals surface area contributed by atoms with Crippen molar-refractivity contribution >= 4 is 28.0 Å². The summed E-state index contributed by atoms with van der Waals surface area (Å²) in [5, 5.41) is 3.28. The lowest BCUT2D eigenvalue weighted by Gasteiger charge is -2.10. The molecule has 0 radical (unpaired) electrons. The highest BCUT2D eigenvalue weighted by molar-refractivity contribution is 7.10. The van der Waals surface area contributed by atoms with Gasteiger partial charge < -0.3 is 5.32 Å². The monoisotopic (exact) mass is 300 g/mol. The van der Waals surface area contributed by atoms with Crippen LogP contribution >= 0.6 is 11.5 Å². The SMILES string of the molecule is CC(=O)c1c(C)nsc1Nc1cccc(C(F)(F)F)c1. The molecule has 0 aliphatic carbocycles. The molecule has 1 heterocycles. The van der Waals surface area contributed by atoms with E-state index in [1.54, 1.807) is 6.92 Å². The standard InChI is InChI=1S/C13H11F3N2OS/c1-7-11(8(2)19)12(20-18-7)17-10-5-3-4-9(6-10)13(14,15)16/h3-6,17H,1-2H3.